The number of sulfonamides is 1. The van der Waals surface area contributed by atoms with E-state index in [2.05, 4.69) is 5.32 Å². The first kappa shape index (κ1) is 15.2. The highest BCUT2D eigenvalue weighted by Crippen LogP contribution is 2.22. The number of carbonyl (C=O) groups is 2. The van der Waals surface area contributed by atoms with E-state index in [0.717, 1.165) is 19.1 Å². The van der Waals surface area contributed by atoms with E-state index in [0.29, 0.717) is 32.5 Å². The van der Waals surface area contributed by atoms with Crippen LogP contribution in [0, 0.1) is 0 Å². The van der Waals surface area contributed by atoms with Crippen LogP contribution in [0.15, 0.2) is 0 Å². The van der Waals surface area contributed by atoms with Gasteiger partial charge >= 0.3 is 0 Å². The van der Waals surface area contributed by atoms with E-state index in [4.69, 9.17) is 0 Å². The molecule has 0 radical (unpaired) electrons. The summed E-state index contributed by atoms with van der Waals surface area (Å²) in [5.74, 6) is -0.426. The maximum atomic E-state index is 12.5. The first-order valence-electron chi connectivity index (χ1n) is 6.92. The summed E-state index contributed by atoms with van der Waals surface area (Å²) >= 11 is 0. The van der Waals surface area contributed by atoms with Crippen LogP contribution < -0.4 is 5.32 Å². The van der Waals surface area contributed by atoms with Crippen LogP contribution in [0.5, 0.6) is 0 Å². The number of nitrogens with zero attached hydrogens (tertiary/aromatic N) is 2. The number of hydrogen-bond donors (Lipinski definition) is 1. The summed E-state index contributed by atoms with van der Waals surface area (Å²) in [5, 5.41) is 2.71. The molecule has 2 rings (SSSR count). The minimum absolute atomic E-state index is 0.0208. The van der Waals surface area contributed by atoms with E-state index < -0.39 is 16.1 Å². The molecule has 0 aliphatic carbocycles. The minimum atomic E-state index is -3.40. The van der Waals surface area contributed by atoms with Crippen molar-refractivity contribution < 1.29 is 18.0 Å². The van der Waals surface area contributed by atoms with Crippen LogP contribution in [0.3, 0.4) is 0 Å². The first-order valence-corrected chi connectivity index (χ1v) is 8.77. The molecule has 0 bridgehead atoms. The van der Waals surface area contributed by atoms with Crippen molar-refractivity contribution in [2.75, 3.05) is 32.4 Å². The Hall–Kier alpha value is -1.15. The van der Waals surface area contributed by atoms with Crippen molar-refractivity contribution >= 4 is 21.8 Å². The highest BCUT2D eigenvalue weighted by molar-refractivity contribution is 7.88. The van der Waals surface area contributed by atoms with Crippen LogP contribution >= 0.6 is 0 Å². The van der Waals surface area contributed by atoms with Crippen molar-refractivity contribution in [1.82, 2.24) is 14.5 Å². The molecule has 1 atom stereocenters. The number of rotatable bonds is 2. The van der Waals surface area contributed by atoms with Gasteiger partial charge in [0.05, 0.1) is 12.8 Å². The summed E-state index contributed by atoms with van der Waals surface area (Å²) < 4.78 is 24.9. The quantitative estimate of drug-likeness (QED) is 0.720. The molecule has 2 amide bonds. The Labute approximate surface area is 119 Å². The fourth-order valence-electron chi connectivity index (χ4n) is 2.75. The van der Waals surface area contributed by atoms with Gasteiger partial charge in [0.25, 0.3) is 0 Å². The topological polar surface area (TPSA) is 86.8 Å². The SMILES string of the molecule is CS(=O)(=O)N1CCCCC1C(=O)N1CCCNC(=O)C1. The van der Waals surface area contributed by atoms with Crippen molar-refractivity contribution in [3.05, 3.63) is 0 Å². The van der Waals surface area contributed by atoms with Gasteiger partial charge in [0.2, 0.25) is 21.8 Å². The Morgan fingerprint density at radius 2 is 2.00 bits per heavy atom. The third-order valence-electron chi connectivity index (χ3n) is 3.74. The maximum absolute atomic E-state index is 12.5. The van der Waals surface area contributed by atoms with Crippen molar-refractivity contribution in [2.24, 2.45) is 0 Å². The predicted molar refractivity (Wildman–Crippen MR) is 73.4 cm³/mol. The predicted octanol–water partition coefficient (Wildman–Crippen LogP) is -0.851. The lowest BCUT2D eigenvalue weighted by molar-refractivity contribution is -0.139. The van der Waals surface area contributed by atoms with Gasteiger partial charge in [-0.3, -0.25) is 9.59 Å². The Morgan fingerprint density at radius 3 is 2.70 bits per heavy atom. The van der Waals surface area contributed by atoms with Gasteiger partial charge in [-0.25, -0.2) is 8.42 Å². The van der Waals surface area contributed by atoms with Crippen LogP contribution in [0.1, 0.15) is 25.7 Å². The normalized spacial score (nSPS) is 25.9. The van der Waals surface area contributed by atoms with E-state index in [-0.39, 0.29) is 18.4 Å². The molecule has 0 saturated carbocycles. The molecule has 2 saturated heterocycles. The number of nitrogens with one attached hydrogen (secondary N) is 1. The molecule has 8 heteroatoms. The molecule has 20 heavy (non-hydrogen) atoms. The zero-order valence-corrected chi connectivity index (χ0v) is 12.5. The van der Waals surface area contributed by atoms with Gasteiger partial charge in [0, 0.05) is 19.6 Å². The number of carbonyl (C=O) groups excluding carboxylic acids is 2. The molecule has 2 heterocycles. The van der Waals surface area contributed by atoms with Crippen molar-refractivity contribution in [1.29, 1.82) is 0 Å². The second-order valence-corrected chi connectivity index (χ2v) is 7.28. The molecular formula is C12H21N3O4S. The van der Waals surface area contributed by atoms with Gasteiger partial charge in [-0.2, -0.15) is 4.31 Å². The summed E-state index contributed by atoms with van der Waals surface area (Å²) in [4.78, 5) is 25.6. The first-order chi connectivity index (χ1) is 9.39. The highest BCUT2D eigenvalue weighted by Gasteiger charge is 2.37. The third kappa shape index (κ3) is 3.49. The Kier molecular flexibility index (Phi) is 4.64. The molecule has 2 aliphatic rings. The smallest absolute Gasteiger partial charge is 0.241 e. The van der Waals surface area contributed by atoms with Crippen LogP contribution in [0.2, 0.25) is 0 Å². The third-order valence-corrected chi connectivity index (χ3v) is 5.03. The number of hydrogen-bond acceptors (Lipinski definition) is 4. The molecule has 0 aromatic carbocycles. The summed E-state index contributed by atoms with van der Waals surface area (Å²) in [6.07, 6.45) is 3.97. The Balaban J connectivity index is 2.14. The van der Waals surface area contributed by atoms with E-state index in [1.807, 2.05) is 0 Å². The van der Waals surface area contributed by atoms with Crippen LogP contribution in [-0.2, 0) is 19.6 Å². The average molecular weight is 303 g/mol. The fourth-order valence-corrected chi connectivity index (χ4v) is 3.87. The monoisotopic (exact) mass is 303 g/mol. The molecule has 114 valence electrons. The second kappa shape index (κ2) is 6.09. The van der Waals surface area contributed by atoms with Gasteiger partial charge < -0.3 is 10.2 Å². The lowest BCUT2D eigenvalue weighted by atomic mass is 10.0. The van der Waals surface area contributed by atoms with Gasteiger partial charge in [0.15, 0.2) is 0 Å². The number of piperidine rings is 1. The molecular weight excluding hydrogens is 282 g/mol. The van der Waals surface area contributed by atoms with E-state index in [1.165, 1.54) is 9.21 Å². The maximum Gasteiger partial charge on any atom is 0.241 e. The summed E-state index contributed by atoms with van der Waals surface area (Å²) in [5.41, 5.74) is 0. The molecule has 7 nitrogen and oxygen atoms in total. The van der Waals surface area contributed by atoms with Crippen LogP contribution in [0.4, 0.5) is 0 Å². The van der Waals surface area contributed by atoms with Gasteiger partial charge in [0.1, 0.15) is 6.04 Å². The number of amides is 2. The zero-order chi connectivity index (χ0) is 14.8. The van der Waals surface area contributed by atoms with Crippen LogP contribution in [-0.4, -0.2) is 67.9 Å². The summed E-state index contributed by atoms with van der Waals surface area (Å²) in [7, 11) is -3.40. The second-order valence-electron chi connectivity index (χ2n) is 5.35. The van der Waals surface area contributed by atoms with Gasteiger partial charge in [-0.1, -0.05) is 6.42 Å². The molecule has 0 aromatic rings. The van der Waals surface area contributed by atoms with Gasteiger partial charge in [-0.05, 0) is 19.3 Å². The lowest BCUT2D eigenvalue weighted by Gasteiger charge is -2.35. The van der Waals surface area contributed by atoms with E-state index in [1.54, 1.807) is 0 Å². The summed E-state index contributed by atoms with van der Waals surface area (Å²) in [6, 6.07) is -0.648. The highest BCUT2D eigenvalue weighted by atomic mass is 32.2. The summed E-state index contributed by atoms with van der Waals surface area (Å²) in [6.45, 7) is 1.46. The van der Waals surface area contributed by atoms with Crippen molar-refractivity contribution in [3.8, 4) is 0 Å². The molecule has 0 aromatic heterocycles. The molecule has 1 unspecified atom stereocenters. The minimum Gasteiger partial charge on any atom is -0.354 e. The fraction of sp³-hybridized carbons (Fsp3) is 0.833. The molecule has 2 fully saturated rings. The van der Waals surface area contributed by atoms with Crippen LogP contribution in [0.25, 0.3) is 0 Å². The Bertz CT molecular complexity index is 491. The van der Waals surface area contributed by atoms with Gasteiger partial charge in [-0.15, -0.1) is 0 Å². The molecule has 2 aliphatic heterocycles. The zero-order valence-electron chi connectivity index (χ0n) is 11.7. The van der Waals surface area contributed by atoms with E-state index in [9.17, 15) is 18.0 Å². The largest absolute Gasteiger partial charge is 0.354 e. The average Bonchev–Trinajstić information content (AvgIpc) is 2.61. The molecule has 0 spiro atoms. The van der Waals surface area contributed by atoms with Crippen molar-refractivity contribution in [2.45, 2.75) is 31.7 Å². The Morgan fingerprint density at radius 1 is 1.25 bits per heavy atom. The molecule has 1 N–H and O–H groups in total. The lowest BCUT2D eigenvalue weighted by Crippen LogP contribution is -2.53. The standard InChI is InChI=1S/C12H21N3O4S/c1-20(18,19)15-8-3-2-5-10(15)12(17)14-7-4-6-13-11(16)9-14/h10H,2-9H2,1H3,(H,13,16). The van der Waals surface area contributed by atoms with Crippen molar-refractivity contribution in [3.63, 3.8) is 0 Å². The van der Waals surface area contributed by atoms with E-state index >= 15 is 0 Å².